The molecule has 0 aromatic heterocycles. The molecule has 1 spiro atoms. The standard InChI is InChI=1S/C46H39N/c1-7-14-39-29(3)44-42(46(39)38(8-2)30(4)45(5,6)40-17-11-12-18-41(40)46)19-13-20-43(44)47-35-25-23-31(24-26-35)32-21-22-34-27-33-15-9-10-16-36(33)37(34)28-32/h7-8,11-26,28,47H,2,27H2,1,3-6H3/b14-7-. The Morgan fingerprint density at radius 1 is 0.787 bits per heavy atom. The molecule has 4 aromatic carbocycles. The molecule has 1 atom stereocenters. The molecule has 0 fully saturated rings. The van der Waals surface area contributed by atoms with E-state index in [1.54, 1.807) is 0 Å². The van der Waals surface area contributed by atoms with Crippen molar-refractivity contribution in [1.82, 2.24) is 0 Å². The molecule has 1 N–H and O–H groups in total. The molecule has 4 aliphatic rings. The average Bonchev–Trinajstić information content (AvgIpc) is 3.58. The fourth-order valence-electron chi connectivity index (χ4n) is 8.63. The molecular weight excluding hydrogens is 567 g/mol. The predicted octanol–water partition coefficient (Wildman–Crippen LogP) is 11.7. The van der Waals surface area contributed by atoms with Gasteiger partial charge in [-0.2, -0.15) is 0 Å². The number of anilines is 2. The molecule has 0 saturated heterocycles. The third-order valence-electron chi connectivity index (χ3n) is 11.1. The number of benzene rings is 4. The van der Waals surface area contributed by atoms with Crippen molar-refractivity contribution in [2.75, 3.05) is 5.32 Å². The van der Waals surface area contributed by atoms with Crippen LogP contribution in [-0.2, 0) is 17.3 Å². The van der Waals surface area contributed by atoms with Gasteiger partial charge in [0.05, 0.1) is 5.41 Å². The minimum atomic E-state index is -0.423. The molecule has 0 aliphatic heterocycles. The summed E-state index contributed by atoms with van der Waals surface area (Å²) in [6, 6.07) is 31.5. The zero-order chi connectivity index (χ0) is 32.5. The van der Waals surface area contributed by atoms with E-state index in [9.17, 15) is 0 Å². The maximum atomic E-state index is 4.42. The van der Waals surface area contributed by atoms with Gasteiger partial charge in [-0.15, -0.1) is 0 Å². The number of allylic oxidation sites excluding steroid dienone is 11. The predicted molar refractivity (Wildman–Crippen MR) is 199 cm³/mol. The number of hydrogen-bond donors (Lipinski definition) is 1. The minimum absolute atomic E-state index is 0.0973. The number of nitrogens with one attached hydrogen (secondary N) is 1. The second kappa shape index (κ2) is 10.6. The molecule has 4 aromatic rings. The van der Waals surface area contributed by atoms with Crippen LogP contribution in [0.5, 0.6) is 0 Å². The molecule has 4 aliphatic carbocycles. The van der Waals surface area contributed by atoms with E-state index in [0.29, 0.717) is 0 Å². The van der Waals surface area contributed by atoms with E-state index >= 15 is 0 Å². The second-order valence-corrected chi connectivity index (χ2v) is 13.7. The molecule has 0 radical (unpaired) electrons. The molecular formula is C46H39N. The zero-order valence-electron chi connectivity index (χ0n) is 27.9. The number of rotatable bonds is 5. The van der Waals surface area contributed by atoms with Crippen molar-refractivity contribution < 1.29 is 0 Å². The monoisotopic (exact) mass is 605 g/mol. The van der Waals surface area contributed by atoms with Gasteiger partial charge < -0.3 is 5.32 Å². The van der Waals surface area contributed by atoms with Gasteiger partial charge in [-0.1, -0.05) is 116 Å². The summed E-state index contributed by atoms with van der Waals surface area (Å²) in [7, 11) is 0. The van der Waals surface area contributed by atoms with Gasteiger partial charge in [0, 0.05) is 22.4 Å². The van der Waals surface area contributed by atoms with Crippen LogP contribution in [0.15, 0.2) is 156 Å². The molecule has 8 rings (SSSR count). The first-order valence-electron chi connectivity index (χ1n) is 16.6. The molecule has 47 heavy (non-hydrogen) atoms. The van der Waals surface area contributed by atoms with Crippen molar-refractivity contribution in [3.05, 3.63) is 189 Å². The number of fused-ring (bicyclic) bond motifs is 6. The first-order chi connectivity index (χ1) is 22.8. The second-order valence-electron chi connectivity index (χ2n) is 13.7. The van der Waals surface area contributed by atoms with Gasteiger partial charge in [0.15, 0.2) is 0 Å². The highest BCUT2D eigenvalue weighted by atomic mass is 14.9. The van der Waals surface area contributed by atoms with E-state index in [0.717, 1.165) is 17.8 Å². The van der Waals surface area contributed by atoms with Crippen LogP contribution in [0.25, 0.3) is 22.3 Å². The van der Waals surface area contributed by atoms with E-state index < -0.39 is 5.41 Å². The molecule has 0 saturated carbocycles. The Balaban J connectivity index is 1.21. The van der Waals surface area contributed by atoms with Gasteiger partial charge in [-0.3, -0.25) is 0 Å². The lowest BCUT2D eigenvalue weighted by atomic mass is 9.55. The molecule has 1 nitrogen and oxygen atoms in total. The molecule has 228 valence electrons. The fraction of sp³-hybridized carbons (Fsp3) is 0.174. The van der Waals surface area contributed by atoms with E-state index in [1.165, 1.54) is 77.9 Å². The third kappa shape index (κ3) is 4.04. The SMILES string of the molecule is C=CC1=C(C)C(C)(C)c2ccccc2C12C(/C=C\C)=C(C)c1c(Nc3ccc(-c4ccc5c(c4)C4=C(C=C=C=C4)C5)cc3)cccc12. The Kier molecular flexibility index (Phi) is 6.57. The summed E-state index contributed by atoms with van der Waals surface area (Å²) >= 11 is 0. The molecule has 0 bridgehead atoms. The average molecular weight is 606 g/mol. The van der Waals surface area contributed by atoms with Gasteiger partial charge in [-0.05, 0) is 130 Å². The lowest BCUT2D eigenvalue weighted by molar-refractivity contribution is 0.551. The van der Waals surface area contributed by atoms with Gasteiger partial charge >= 0.3 is 0 Å². The number of hydrogen-bond acceptors (Lipinski definition) is 1. The summed E-state index contributed by atoms with van der Waals surface area (Å²) in [5, 5.41) is 3.83. The first kappa shape index (κ1) is 29.1. The Bertz CT molecular complexity index is 2260. The zero-order valence-corrected chi connectivity index (χ0v) is 27.9. The summed E-state index contributed by atoms with van der Waals surface area (Å²) < 4.78 is 0. The lowest BCUT2D eigenvalue weighted by Crippen LogP contribution is -2.40. The Hall–Kier alpha value is -5.32. The Morgan fingerprint density at radius 3 is 2.28 bits per heavy atom. The van der Waals surface area contributed by atoms with Gasteiger partial charge in [-0.25, -0.2) is 0 Å². The van der Waals surface area contributed by atoms with Crippen molar-refractivity contribution in [3.63, 3.8) is 0 Å². The van der Waals surface area contributed by atoms with Crippen molar-refractivity contribution in [2.24, 2.45) is 0 Å². The Labute approximate surface area is 279 Å². The van der Waals surface area contributed by atoms with E-state index in [2.05, 4.69) is 173 Å². The molecule has 1 unspecified atom stereocenters. The van der Waals surface area contributed by atoms with Crippen LogP contribution in [0.3, 0.4) is 0 Å². The van der Waals surface area contributed by atoms with Crippen LogP contribution in [0.1, 0.15) is 68.0 Å². The maximum Gasteiger partial charge on any atom is 0.0713 e. The molecule has 0 amide bonds. The first-order valence-corrected chi connectivity index (χ1v) is 16.6. The van der Waals surface area contributed by atoms with Crippen molar-refractivity contribution >= 4 is 22.5 Å². The third-order valence-corrected chi connectivity index (χ3v) is 11.1. The molecule has 1 heteroatoms. The van der Waals surface area contributed by atoms with E-state index in [1.807, 2.05) is 0 Å². The van der Waals surface area contributed by atoms with Crippen LogP contribution in [0.2, 0.25) is 0 Å². The van der Waals surface area contributed by atoms with Gasteiger partial charge in [0.2, 0.25) is 0 Å². The highest BCUT2D eigenvalue weighted by Crippen LogP contribution is 2.62. The van der Waals surface area contributed by atoms with E-state index in [4.69, 9.17) is 0 Å². The van der Waals surface area contributed by atoms with Gasteiger partial charge in [0.25, 0.3) is 0 Å². The fourth-order valence-corrected chi connectivity index (χ4v) is 8.63. The quantitative estimate of drug-likeness (QED) is 0.223. The topological polar surface area (TPSA) is 12.0 Å². The van der Waals surface area contributed by atoms with Crippen LogP contribution < -0.4 is 5.32 Å². The summed E-state index contributed by atoms with van der Waals surface area (Å²) in [5.41, 5.74) is 26.3. The summed E-state index contributed by atoms with van der Waals surface area (Å²) in [6.45, 7) is 15.8. The highest BCUT2D eigenvalue weighted by molar-refractivity contribution is 5.94. The molecule has 0 heterocycles. The minimum Gasteiger partial charge on any atom is -0.355 e. The summed E-state index contributed by atoms with van der Waals surface area (Å²) in [6.07, 6.45) is 11.7. The van der Waals surface area contributed by atoms with Crippen LogP contribution in [0, 0.1) is 0 Å². The summed E-state index contributed by atoms with van der Waals surface area (Å²) in [5.74, 6) is 0. The lowest BCUT2D eigenvalue weighted by Gasteiger charge is -2.47. The normalized spacial score (nSPS) is 19.9. The van der Waals surface area contributed by atoms with Gasteiger partial charge in [0.1, 0.15) is 0 Å². The largest absolute Gasteiger partial charge is 0.355 e. The maximum absolute atomic E-state index is 4.42. The summed E-state index contributed by atoms with van der Waals surface area (Å²) in [4.78, 5) is 0. The van der Waals surface area contributed by atoms with Crippen molar-refractivity contribution in [2.45, 2.75) is 51.9 Å². The Morgan fingerprint density at radius 2 is 1.51 bits per heavy atom. The van der Waals surface area contributed by atoms with Crippen LogP contribution >= 0.6 is 0 Å². The van der Waals surface area contributed by atoms with Crippen LogP contribution in [0.4, 0.5) is 11.4 Å². The smallest absolute Gasteiger partial charge is 0.0713 e. The van der Waals surface area contributed by atoms with E-state index in [-0.39, 0.29) is 5.41 Å². The van der Waals surface area contributed by atoms with Crippen molar-refractivity contribution in [3.8, 4) is 11.1 Å². The van der Waals surface area contributed by atoms with Crippen molar-refractivity contribution in [1.29, 1.82) is 0 Å². The van der Waals surface area contributed by atoms with Crippen LogP contribution in [-0.4, -0.2) is 0 Å². The highest BCUT2D eigenvalue weighted by Gasteiger charge is 2.53.